The number of pyridine rings is 1. The lowest BCUT2D eigenvalue weighted by molar-refractivity contribution is 0.586. The van der Waals surface area contributed by atoms with Crippen molar-refractivity contribution in [1.29, 1.82) is 0 Å². The molecule has 0 aliphatic heterocycles. The van der Waals surface area contributed by atoms with E-state index in [9.17, 15) is 8.42 Å². The van der Waals surface area contributed by atoms with Crippen LogP contribution in [0.5, 0.6) is 0 Å². The highest BCUT2D eigenvalue weighted by Gasteiger charge is 2.27. The maximum absolute atomic E-state index is 11.6. The lowest BCUT2D eigenvalue weighted by Crippen LogP contribution is -2.32. The topological polar surface area (TPSA) is 71.1 Å². The van der Waals surface area contributed by atoms with Crippen LogP contribution in [0, 0.1) is 6.92 Å². The smallest absolute Gasteiger partial charge is 0.269 e. The maximum Gasteiger partial charge on any atom is 0.299 e. The van der Waals surface area contributed by atoms with Crippen molar-refractivity contribution in [3.8, 4) is 0 Å². The van der Waals surface area contributed by atoms with Crippen LogP contribution >= 0.6 is 15.9 Å². The van der Waals surface area contributed by atoms with Crippen molar-refractivity contribution in [1.82, 2.24) is 9.71 Å². The third-order valence-electron chi connectivity index (χ3n) is 2.20. The molecule has 0 spiro atoms. The number of nitrogens with zero attached hydrogens (tertiary/aromatic N) is 1. The number of nitrogens with one attached hydrogen (secondary N) is 2. The molecule has 0 unspecified atom stereocenters. The molecule has 2 rings (SSSR count). The summed E-state index contributed by atoms with van der Waals surface area (Å²) in [5, 5.41) is 0. The molecule has 1 aliphatic rings. The molecular weight excluding hydrogens is 294 g/mol. The van der Waals surface area contributed by atoms with Crippen molar-refractivity contribution < 1.29 is 8.42 Å². The van der Waals surface area contributed by atoms with Gasteiger partial charge < -0.3 is 0 Å². The molecule has 0 radical (unpaired) electrons. The number of hydrogen-bond acceptors (Lipinski definition) is 3. The molecule has 0 saturated heterocycles. The van der Waals surface area contributed by atoms with Gasteiger partial charge in [0.15, 0.2) is 0 Å². The fourth-order valence-electron chi connectivity index (χ4n) is 1.23. The highest BCUT2D eigenvalue weighted by molar-refractivity contribution is 9.10. The average Bonchev–Trinajstić information content (AvgIpc) is 2.93. The van der Waals surface area contributed by atoms with E-state index < -0.39 is 10.2 Å². The fourth-order valence-corrected chi connectivity index (χ4v) is 2.87. The lowest BCUT2D eigenvalue weighted by atomic mass is 10.3. The van der Waals surface area contributed by atoms with Gasteiger partial charge in [0.05, 0.1) is 11.4 Å². The molecule has 1 heterocycles. The Labute approximate surface area is 103 Å². The molecule has 1 aromatic rings. The zero-order chi connectivity index (χ0) is 11.8. The van der Waals surface area contributed by atoms with Gasteiger partial charge in [-0.05, 0) is 47.8 Å². The molecule has 2 N–H and O–H groups in total. The van der Waals surface area contributed by atoms with Gasteiger partial charge >= 0.3 is 0 Å². The van der Waals surface area contributed by atoms with Gasteiger partial charge in [0.25, 0.3) is 10.2 Å². The SMILES string of the molecule is Cc1nc(Br)ccc1NS(=O)(=O)NC1CC1. The van der Waals surface area contributed by atoms with Gasteiger partial charge in [0.1, 0.15) is 4.60 Å². The predicted molar refractivity (Wildman–Crippen MR) is 65.4 cm³/mol. The van der Waals surface area contributed by atoms with Crippen LogP contribution in [-0.4, -0.2) is 19.4 Å². The molecule has 0 aromatic carbocycles. The largest absolute Gasteiger partial charge is 0.299 e. The first-order valence-electron chi connectivity index (χ1n) is 4.89. The van der Waals surface area contributed by atoms with Crippen molar-refractivity contribution in [3.05, 3.63) is 22.4 Å². The summed E-state index contributed by atoms with van der Waals surface area (Å²) in [4.78, 5) is 4.11. The summed E-state index contributed by atoms with van der Waals surface area (Å²) in [5.41, 5.74) is 1.13. The van der Waals surface area contributed by atoms with E-state index in [1.165, 1.54) is 0 Å². The molecule has 7 heteroatoms. The normalized spacial score (nSPS) is 16.1. The van der Waals surface area contributed by atoms with Crippen LogP contribution in [0.4, 0.5) is 5.69 Å². The summed E-state index contributed by atoms with van der Waals surface area (Å²) < 4.78 is 28.9. The third-order valence-corrected chi connectivity index (χ3v) is 3.77. The Morgan fingerprint density at radius 3 is 2.69 bits per heavy atom. The van der Waals surface area contributed by atoms with E-state index >= 15 is 0 Å². The lowest BCUT2D eigenvalue weighted by Gasteiger charge is -2.10. The highest BCUT2D eigenvalue weighted by atomic mass is 79.9. The molecule has 5 nitrogen and oxygen atoms in total. The summed E-state index contributed by atoms with van der Waals surface area (Å²) in [6.45, 7) is 1.75. The first kappa shape index (κ1) is 11.8. The molecule has 0 bridgehead atoms. The van der Waals surface area contributed by atoms with E-state index in [2.05, 4.69) is 30.4 Å². The minimum absolute atomic E-state index is 0.0983. The number of halogens is 1. The highest BCUT2D eigenvalue weighted by Crippen LogP contribution is 2.21. The van der Waals surface area contributed by atoms with E-state index in [1.807, 2.05) is 0 Å². The molecule has 1 aromatic heterocycles. The van der Waals surface area contributed by atoms with Gasteiger partial charge in [-0.3, -0.25) is 4.72 Å². The Bertz CT molecular complexity index is 499. The molecule has 0 amide bonds. The number of aromatic nitrogens is 1. The van der Waals surface area contributed by atoms with Gasteiger partial charge in [0.2, 0.25) is 0 Å². The summed E-state index contributed by atoms with van der Waals surface area (Å²) in [5.74, 6) is 0. The summed E-state index contributed by atoms with van der Waals surface area (Å²) in [7, 11) is -3.46. The second-order valence-corrected chi connectivity index (χ2v) is 6.02. The zero-order valence-electron chi connectivity index (χ0n) is 8.70. The van der Waals surface area contributed by atoms with Gasteiger partial charge in [-0.25, -0.2) is 4.98 Å². The van der Waals surface area contributed by atoms with Crippen LogP contribution in [0.3, 0.4) is 0 Å². The van der Waals surface area contributed by atoms with Crippen molar-refractivity contribution in [2.75, 3.05) is 4.72 Å². The molecular formula is C9H12BrN3O2S. The maximum atomic E-state index is 11.6. The number of rotatable bonds is 4. The van der Waals surface area contributed by atoms with Crippen molar-refractivity contribution >= 4 is 31.8 Å². The van der Waals surface area contributed by atoms with Gasteiger partial charge in [-0.2, -0.15) is 13.1 Å². The Morgan fingerprint density at radius 2 is 2.12 bits per heavy atom. The van der Waals surface area contributed by atoms with Gasteiger partial charge in [0, 0.05) is 6.04 Å². The van der Waals surface area contributed by atoms with E-state index in [0.29, 0.717) is 16.0 Å². The minimum Gasteiger partial charge on any atom is -0.269 e. The Morgan fingerprint density at radius 1 is 1.44 bits per heavy atom. The van der Waals surface area contributed by atoms with Crippen LogP contribution in [0.25, 0.3) is 0 Å². The second-order valence-electron chi connectivity index (χ2n) is 3.76. The van der Waals surface area contributed by atoms with Crippen LogP contribution in [0.1, 0.15) is 18.5 Å². The van der Waals surface area contributed by atoms with Crippen LogP contribution in [0.2, 0.25) is 0 Å². The Balaban J connectivity index is 2.13. The van der Waals surface area contributed by atoms with Crippen molar-refractivity contribution in [3.63, 3.8) is 0 Å². The number of anilines is 1. The molecule has 16 heavy (non-hydrogen) atoms. The summed E-state index contributed by atoms with van der Waals surface area (Å²) >= 11 is 3.22. The fraction of sp³-hybridized carbons (Fsp3) is 0.444. The van der Waals surface area contributed by atoms with E-state index in [0.717, 1.165) is 12.8 Å². The van der Waals surface area contributed by atoms with Crippen molar-refractivity contribution in [2.24, 2.45) is 0 Å². The van der Waals surface area contributed by atoms with E-state index in [4.69, 9.17) is 0 Å². The standard InChI is InChI=1S/C9H12BrN3O2S/c1-6-8(4-5-9(10)11-6)13-16(14,15)12-7-2-3-7/h4-5,7,12-13H,2-3H2,1H3. The van der Waals surface area contributed by atoms with E-state index in [-0.39, 0.29) is 6.04 Å². The number of hydrogen-bond donors (Lipinski definition) is 2. The van der Waals surface area contributed by atoms with Crippen LogP contribution in [-0.2, 0) is 10.2 Å². The summed E-state index contributed by atoms with van der Waals surface area (Å²) in [6, 6.07) is 3.47. The second kappa shape index (κ2) is 4.31. The minimum atomic E-state index is -3.46. The Kier molecular flexibility index (Phi) is 3.18. The molecule has 1 saturated carbocycles. The average molecular weight is 306 g/mol. The monoisotopic (exact) mass is 305 g/mol. The number of aryl methyl sites for hydroxylation is 1. The summed E-state index contributed by atoms with van der Waals surface area (Å²) in [6.07, 6.45) is 1.83. The molecule has 1 fully saturated rings. The van der Waals surface area contributed by atoms with Gasteiger partial charge in [-0.1, -0.05) is 0 Å². The zero-order valence-corrected chi connectivity index (χ0v) is 11.1. The Hall–Kier alpha value is -0.660. The first-order chi connectivity index (χ1) is 7.46. The predicted octanol–water partition coefficient (Wildman–Crippen LogP) is 1.56. The van der Waals surface area contributed by atoms with Crippen LogP contribution < -0.4 is 9.44 Å². The van der Waals surface area contributed by atoms with E-state index in [1.54, 1.807) is 19.1 Å². The van der Waals surface area contributed by atoms with Crippen LogP contribution in [0.15, 0.2) is 16.7 Å². The third kappa shape index (κ3) is 3.16. The quantitative estimate of drug-likeness (QED) is 0.829. The van der Waals surface area contributed by atoms with Crippen molar-refractivity contribution in [2.45, 2.75) is 25.8 Å². The van der Waals surface area contributed by atoms with Gasteiger partial charge in [-0.15, -0.1) is 0 Å². The molecule has 88 valence electrons. The first-order valence-corrected chi connectivity index (χ1v) is 7.17. The molecule has 0 atom stereocenters. The molecule has 1 aliphatic carbocycles.